The van der Waals surface area contributed by atoms with Gasteiger partial charge in [0.05, 0.1) is 6.42 Å². The Balaban J connectivity index is 2.22. The highest BCUT2D eigenvalue weighted by Gasteiger charge is 2.14. The highest BCUT2D eigenvalue weighted by Crippen LogP contribution is 2.10. The van der Waals surface area contributed by atoms with Crippen molar-refractivity contribution >= 4 is 5.78 Å². The largest absolute Gasteiger partial charge is 0.292 e. The number of Topliss-reactive ketones (excluding diaryl/α,β-unsaturated/α-hetero) is 1. The third kappa shape index (κ3) is 2.45. The lowest BCUT2D eigenvalue weighted by atomic mass is 10.1. The summed E-state index contributed by atoms with van der Waals surface area (Å²) in [6.45, 7) is 6.54. The van der Waals surface area contributed by atoms with Gasteiger partial charge in [-0.3, -0.25) is 9.78 Å². The topological polar surface area (TPSA) is 60.7 Å². The smallest absolute Gasteiger partial charge is 0.188 e. The first-order valence-electron chi connectivity index (χ1n) is 5.95. The Morgan fingerprint density at radius 2 is 2.11 bits per heavy atom. The second-order valence-electron chi connectivity index (χ2n) is 4.27. The Kier molecular flexibility index (Phi) is 3.50. The van der Waals surface area contributed by atoms with Crippen LogP contribution in [0.5, 0.6) is 0 Å². The van der Waals surface area contributed by atoms with Gasteiger partial charge in [0.2, 0.25) is 0 Å². The minimum atomic E-state index is -0.0183. The first-order valence-corrected chi connectivity index (χ1v) is 5.95. The van der Waals surface area contributed by atoms with E-state index in [1.807, 2.05) is 26.8 Å². The zero-order chi connectivity index (χ0) is 13.1. The number of aromatic nitrogens is 4. The first-order chi connectivity index (χ1) is 8.61. The molecule has 0 aliphatic rings. The predicted octanol–water partition coefficient (Wildman–Crippen LogP) is 1.74. The third-order valence-corrected chi connectivity index (χ3v) is 2.79. The molecule has 0 spiro atoms. The fourth-order valence-corrected chi connectivity index (χ4v) is 1.92. The lowest BCUT2D eigenvalue weighted by Gasteiger charge is -2.05. The van der Waals surface area contributed by atoms with E-state index >= 15 is 0 Å². The van der Waals surface area contributed by atoms with Gasteiger partial charge in [0.1, 0.15) is 17.8 Å². The Morgan fingerprint density at radius 3 is 2.78 bits per heavy atom. The van der Waals surface area contributed by atoms with Gasteiger partial charge in [-0.15, -0.1) is 0 Å². The maximum absolute atomic E-state index is 12.2. The van der Waals surface area contributed by atoms with Gasteiger partial charge in [-0.05, 0) is 31.9 Å². The molecule has 0 unspecified atom stereocenters. The van der Waals surface area contributed by atoms with Crippen molar-refractivity contribution in [1.29, 1.82) is 0 Å². The van der Waals surface area contributed by atoms with E-state index in [2.05, 4.69) is 15.1 Å². The molecule has 0 radical (unpaired) electrons. The molecule has 0 saturated heterocycles. The molecule has 0 fully saturated rings. The van der Waals surface area contributed by atoms with Gasteiger partial charge in [-0.25, -0.2) is 9.67 Å². The standard InChI is InChI=1S/C13H16N4O/c1-4-17-12(15-8-16-17)6-11(18)13-10(3)5-9(2)7-14-13/h5,7-8H,4,6H2,1-3H3. The van der Waals surface area contributed by atoms with Gasteiger partial charge in [0, 0.05) is 12.7 Å². The van der Waals surface area contributed by atoms with Crippen molar-refractivity contribution < 1.29 is 4.79 Å². The summed E-state index contributed by atoms with van der Waals surface area (Å²) in [4.78, 5) is 20.5. The summed E-state index contributed by atoms with van der Waals surface area (Å²) >= 11 is 0. The molecule has 2 heterocycles. The number of carbonyl (C=O) groups is 1. The molecule has 0 aliphatic heterocycles. The third-order valence-electron chi connectivity index (χ3n) is 2.79. The van der Waals surface area contributed by atoms with Gasteiger partial charge < -0.3 is 0 Å². The van der Waals surface area contributed by atoms with E-state index in [9.17, 15) is 4.79 Å². The molecule has 0 bridgehead atoms. The average molecular weight is 244 g/mol. The van der Waals surface area contributed by atoms with E-state index in [1.54, 1.807) is 10.9 Å². The van der Waals surface area contributed by atoms with Crippen LogP contribution in [0, 0.1) is 13.8 Å². The molecule has 18 heavy (non-hydrogen) atoms. The molecule has 0 aromatic carbocycles. The Hall–Kier alpha value is -2.04. The van der Waals surface area contributed by atoms with Gasteiger partial charge in [-0.1, -0.05) is 6.07 Å². The maximum atomic E-state index is 12.2. The fourth-order valence-electron chi connectivity index (χ4n) is 1.92. The molecule has 0 N–H and O–H groups in total. The van der Waals surface area contributed by atoms with Crippen LogP contribution in [-0.4, -0.2) is 25.5 Å². The molecular formula is C13H16N4O. The molecule has 5 nitrogen and oxygen atoms in total. The molecule has 0 saturated carbocycles. The van der Waals surface area contributed by atoms with Crippen LogP contribution in [0.3, 0.4) is 0 Å². The lowest BCUT2D eigenvalue weighted by molar-refractivity contribution is 0.0984. The van der Waals surface area contributed by atoms with E-state index in [4.69, 9.17) is 0 Å². The lowest BCUT2D eigenvalue weighted by Crippen LogP contribution is -2.13. The van der Waals surface area contributed by atoms with Crippen molar-refractivity contribution in [2.24, 2.45) is 0 Å². The number of hydrogen-bond acceptors (Lipinski definition) is 4. The number of aryl methyl sites for hydroxylation is 3. The van der Waals surface area contributed by atoms with Crippen LogP contribution in [0.1, 0.15) is 34.4 Å². The highest BCUT2D eigenvalue weighted by molar-refractivity contribution is 5.96. The van der Waals surface area contributed by atoms with Crippen molar-refractivity contribution in [1.82, 2.24) is 19.7 Å². The van der Waals surface area contributed by atoms with Gasteiger partial charge >= 0.3 is 0 Å². The number of ketones is 1. The van der Waals surface area contributed by atoms with E-state index in [0.29, 0.717) is 18.1 Å². The van der Waals surface area contributed by atoms with Crippen LogP contribution in [0.15, 0.2) is 18.6 Å². The van der Waals surface area contributed by atoms with E-state index in [1.165, 1.54) is 6.33 Å². The van der Waals surface area contributed by atoms with Crippen LogP contribution in [0.2, 0.25) is 0 Å². The van der Waals surface area contributed by atoms with Crippen LogP contribution < -0.4 is 0 Å². The number of nitrogens with zero attached hydrogens (tertiary/aromatic N) is 4. The predicted molar refractivity (Wildman–Crippen MR) is 67.4 cm³/mol. The summed E-state index contributed by atoms with van der Waals surface area (Å²) < 4.78 is 1.72. The molecule has 94 valence electrons. The van der Waals surface area contributed by atoms with Crippen LogP contribution >= 0.6 is 0 Å². The number of pyridine rings is 1. The van der Waals surface area contributed by atoms with E-state index in [0.717, 1.165) is 11.1 Å². The fraction of sp³-hybridized carbons (Fsp3) is 0.385. The number of carbonyl (C=O) groups excluding carboxylic acids is 1. The van der Waals surface area contributed by atoms with Crippen molar-refractivity contribution in [2.45, 2.75) is 33.7 Å². The quantitative estimate of drug-likeness (QED) is 0.768. The SMILES string of the molecule is CCn1ncnc1CC(=O)c1ncc(C)cc1C. The monoisotopic (exact) mass is 244 g/mol. The van der Waals surface area contributed by atoms with E-state index < -0.39 is 0 Å². The van der Waals surface area contributed by atoms with Crippen LogP contribution in [0.4, 0.5) is 0 Å². The molecule has 2 aromatic heterocycles. The molecule has 5 heteroatoms. The molecule has 2 aromatic rings. The average Bonchev–Trinajstić information content (AvgIpc) is 2.76. The molecule has 2 rings (SSSR count). The maximum Gasteiger partial charge on any atom is 0.188 e. The molecular weight excluding hydrogens is 228 g/mol. The Bertz CT molecular complexity index is 574. The van der Waals surface area contributed by atoms with Crippen molar-refractivity contribution in [3.05, 3.63) is 41.2 Å². The van der Waals surface area contributed by atoms with Gasteiger partial charge in [0.15, 0.2) is 5.78 Å². The summed E-state index contributed by atoms with van der Waals surface area (Å²) in [5.74, 6) is 0.666. The molecule has 0 aliphatic carbocycles. The second-order valence-corrected chi connectivity index (χ2v) is 4.27. The van der Waals surface area contributed by atoms with Crippen molar-refractivity contribution in [3.8, 4) is 0 Å². The summed E-state index contributed by atoms with van der Waals surface area (Å²) in [6, 6.07) is 1.96. The summed E-state index contributed by atoms with van der Waals surface area (Å²) in [5.41, 5.74) is 2.48. The van der Waals surface area contributed by atoms with Gasteiger partial charge in [-0.2, -0.15) is 5.10 Å². The summed E-state index contributed by atoms with van der Waals surface area (Å²) in [6.07, 6.45) is 3.43. The second kappa shape index (κ2) is 5.08. The number of hydrogen-bond donors (Lipinski definition) is 0. The summed E-state index contributed by atoms with van der Waals surface area (Å²) in [5, 5.41) is 4.05. The molecule has 0 amide bonds. The molecule has 0 atom stereocenters. The van der Waals surface area contributed by atoms with E-state index in [-0.39, 0.29) is 12.2 Å². The Labute approximate surface area is 106 Å². The Morgan fingerprint density at radius 1 is 1.33 bits per heavy atom. The van der Waals surface area contributed by atoms with Crippen molar-refractivity contribution in [2.75, 3.05) is 0 Å². The number of rotatable bonds is 4. The highest BCUT2D eigenvalue weighted by atomic mass is 16.1. The van der Waals surface area contributed by atoms with Crippen molar-refractivity contribution in [3.63, 3.8) is 0 Å². The minimum absolute atomic E-state index is 0.0183. The zero-order valence-electron chi connectivity index (χ0n) is 10.8. The minimum Gasteiger partial charge on any atom is -0.292 e. The van der Waals surface area contributed by atoms with Gasteiger partial charge in [0.25, 0.3) is 0 Å². The normalized spacial score (nSPS) is 10.6. The zero-order valence-corrected chi connectivity index (χ0v) is 10.8. The van der Waals surface area contributed by atoms with Crippen LogP contribution in [0.25, 0.3) is 0 Å². The van der Waals surface area contributed by atoms with Crippen LogP contribution in [-0.2, 0) is 13.0 Å². The summed E-state index contributed by atoms with van der Waals surface area (Å²) in [7, 11) is 0. The first kappa shape index (κ1) is 12.4.